The molecule has 2 amide bonds. The summed E-state index contributed by atoms with van der Waals surface area (Å²) in [4.78, 5) is 28.8. The Labute approximate surface area is 180 Å². The van der Waals surface area contributed by atoms with Gasteiger partial charge in [0.25, 0.3) is 0 Å². The van der Waals surface area contributed by atoms with Crippen molar-refractivity contribution in [2.75, 3.05) is 43.5 Å². The summed E-state index contributed by atoms with van der Waals surface area (Å²) in [5, 5.41) is 4.13. The lowest BCUT2D eigenvalue weighted by Crippen LogP contribution is -2.50. The number of nitrogens with one attached hydrogen (secondary N) is 1. The maximum Gasteiger partial charge on any atom is 0.321 e. The number of fused-ring (bicyclic) bond motifs is 1. The van der Waals surface area contributed by atoms with Crippen LogP contribution in [0.1, 0.15) is 23.2 Å². The van der Waals surface area contributed by atoms with Gasteiger partial charge in [-0.3, -0.25) is 0 Å². The summed E-state index contributed by atoms with van der Waals surface area (Å²) in [6.07, 6.45) is 0.809. The van der Waals surface area contributed by atoms with Gasteiger partial charge in [0.2, 0.25) is 0 Å². The molecule has 158 valence electrons. The van der Waals surface area contributed by atoms with Crippen molar-refractivity contribution in [2.24, 2.45) is 0 Å². The van der Waals surface area contributed by atoms with Gasteiger partial charge in [0.1, 0.15) is 22.2 Å². The molecule has 0 atom stereocenters. The predicted octanol–water partition coefficient (Wildman–Crippen LogP) is 4.23. The first-order valence-electron chi connectivity index (χ1n) is 10.2. The van der Waals surface area contributed by atoms with Crippen molar-refractivity contribution in [2.45, 2.75) is 27.2 Å². The van der Waals surface area contributed by atoms with Crippen LogP contribution in [0.4, 0.5) is 16.3 Å². The molecule has 3 heterocycles. The molecule has 0 radical (unpaired) electrons. The van der Waals surface area contributed by atoms with Crippen molar-refractivity contribution in [1.82, 2.24) is 14.9 Å². The van der Waals surface area contributed by atoms with Crippen LogP contribution in [0.2, 0.25) is 0 Å². The molecule has 1 aliphatic rings. The standard InChI is InChI=1S/C22H27N5O2S/c1-5-18-24-20(19-14(2)15(3)30-21(19)25-18)26-10-12-27(13-11-26)22(28)23-16-6-8-17(29-4)9-7-16/h6-9H,5,10-13H2,1-4H3,(H,23,28). The van der Waals surface area contributed by atoms with E-state index in [2.05, 4.69) is 31.0 Å². The van der Waals surface area contributed by atoms with Crippen LogP contribution in [0, 0.1) is 13.8 Å². The number of benzene rings is 1. The summed E-state index contributed by atoms with van der Waals surface area (Å²) in [5.74, 6) is 2.65. The highest BCUT2D eigenvalue weighted by molar-refractivity contribution is 7.18. The van der Waals surface area contributed by atoms with Crippen LogP contribution in [0.15, 0.2) is 24.3 Å². The van der Waals surface area contributed by atoms with Crippen molar-refractivity contribution in [3.63, 3.8) is 0 Å². The first-order chi connectivity index (χ1) is 14.5. The number of rotatable bonds is 4. The maximum absolute atomic E-state index is 12.7. The van der Waals surface area contributed by atoms with Crippen LogP contribution in [-0.2, 0) is 6.42 Å². The Morgan fingerprint density at radius 2 is 1.83 bits per heavy atom. The second-order valence-electron chi connectivity index (χ2n) is 7.41. The average molecular weight is 426 g/mol. The Hall–Kier alpha value is -2.87. The minimum atomic E-state index is -0.0792. The number of anilines is 2. The van der Waals surface area contributed by atoms with Crippen molar-refractivity contribution in [3.8, 4) is 5.75 Å². The van der Waals surface area contributed by atoms with Gasteiger partial charge in [-0.25, -0.2) is 14.8 Å². The number of hydrogen-bond acceptors (Lipinski definition) is 6. The number of aryl methyl sites for hydroxylation is 3. The molecule has 0 bridgehead atoms. The molecule has 0 spiro atoms. The minimum absolute atomic E-state index is 0.0792. The molecular formula is C22H27N5O2S. The first-order valence-corrected chi connectivity index (χ1v) is 11.0. The topological polar surface area (TPSA) is 70.6 Å². The second-order valence-corrected chi connectivity index (χ2v) is 8.62. The summed E-state index contributed by atoms with van der Waals surface area (Å²) >= 11 is 1.73. The smallest absolute Gasteiger partial charge is 0.321 e. The third-order valence-electron chi connectivity index (χ3n) is 5.58. The minimum Gasteiger partial charge on any atom is -0.497 e. The monoisotopic (exact) mass is 425 g/mol. The number of piperazine rings is 1. The SMILES string of the molecule is CCc1nc(N2CCN(C(=O)Nc3ccc(OC)cc3)CC2)c2c(C)c(C)sc2n1. The van der Waals surface area contributed by atoms with Gasteiger partial charge in [0.05, 0.1) is 12.5 Å². The van der Waals surface area contributed by atoms with E-state index in [0.717, 1.165) is 52.8 Å². The molecule has 0 saturated carbocycles. The van der Waals surface area contributed by atoms with E-state index < -0.39 is 0 Å². The zero-order valence-corrected chi connectivity index (χ0v) is 18.7. The van der Waals surface area contributed by atoms with Gasteiger partial charge in [-0.1, -0.05) is 6.92 Å². The number of thiophene rings is 1. The highest BCUT2D eigenvalue weighted by Gasteiger charge is 2.25. The molecule has 4 rings (SSSR count). The fourth-order valence-electron chi connectivity index (χ4n) is 3.66. The van der Waals surface area contributed by atoms with E-state index in [-0.39, 0.29) is 6.03 Å². The number of urea groups is 1. The number of amides is 2. The van der Waals surface area contributed by atoms with Crippen LogP contribution >= 0.6 is 11.3 Å². The maximum atomic E-state index is 12.7. The average Bonchev–Trinajstić information content (AvgIpc) is 3.07. The number of ether oxygens (including phenoxy) is 1. The van der Waals surface area contributed by atoms with Crippen LogP contribution < -0.4 is 15.0 Å². The van der Waals surface area contributed by atoms with Gasteiger partial charge in [-0.15, -0.1) is 11.3 Å². The van der Waals surface area contributed by atoms with E-state index in [1.807, 2.05) is 29.2 Å². The predicted molar refractivity (Wildman–Crippen MR) is 122 cm³/mol. The molecule has 1 N–H and O–H groups in total. The summed E-state index contributed by atoms with van der Waals surface area (Å²) in [7, 11) is 1.63. The summed E-state index contributed by atoms with van der Waals surface area (Å²) in [6, 6.07) is 7.29. The molecule has 0 aliphatic carbocycles. The number of methoxy groups -OCH3 is 1. The summed E-state index contributed by atoms with van der Waals surface area (Å²) in [5.41, 5.74) is 2.02. The van der Waals surface area contributed by atoms with Crippen LogP contribution in [0.5, 0.6) is 5.75 Å². The van der Waals surface area contributed by atoms with Gasteiger partial charge in [-0.05, 0) is 43.7 Å². The van der Waals surface area contributed by atoms with E-state index in [1.54, 1.807) is 18.4 Å². The van der Waals surface area contributed by atoms with Crippen molar-refractivity contribution in [3.05, 3.63) is 40.5 Å². The lowest BCUT2D eigenvalue weighted by molar-refractivity contribution is 0.208. The van der Waals surface area contributed by atoms with Gasteiger partial charge in [-0.2, -0.15) is 0 Å². The normalized spacial score (nSPS) is 14.3. The summed E-state index contributed by atoms with van der Waals surface area (Å²) < 4.78 is 5.16. The molecular weight excluding hydrogens is 398 g/mol. The summed E-state index contributed by atoms with van der Waals surface area (Å²) in [6.45, 7) is 9.16. The quantitative estimate of drug-likeness (QED) is 0.677. The van der Waals surface area contributed by atoms with Crippen molar-refractivity contribution in [1.29, 1.82) is 0 Å². The molecule has 0 unspecified atom stereocenters. The Morgan fingerprint density at radius 1 is 1.13 bits per heavy atom. The van der Waals surface area contributed by atoms with Crippen LogP contribution in [0.25, 0.3) is 10.2 Å². The molecule has 1 aliphatic heterocycles. The number of carbonyl (C=O) groups excluding carboxylic acids is 1. The molecule has 1 aromatic carbocycles. The Bertz CT molecular complexity index is 1060. The highest BCUT2D eigenvalue weighted by Crippen LogP contribution is 2.35. The molecule has 7 nitrogen and oxygen atoms in total. The van der Waals surface area contributed by atoms with Gasteiger partial charge < -0.3 is 19.9 Å². The molecule has 30 heavy (non-hydrogen) atoms. The second kappa shape index (κ2) is 8.47. The number of aromatic nitrogens is 2. The molecule has 8 heteroatoms. The molecule has 1 saturated heterocycles. The van der Waals surface area contributed by atoms with Gasteiger partial charge in [0.15, 0.2) is 0 Å². The van der Waals surface area contributed by atoms with Crippen LogP contribution in [-0.4, -0.2) is 54.2 Å². The first kappa shape index (κ1) is 20.4. The third kappa shape index (κ3) is 3.92. The van der Waals surface area contributed by atoms with E-state index in [1.165, 1.54) is 10.4 Å². The molecule has 1 fully saturated rings. The van der Waals surface area contributed by atoms with Crippen molar-refractivity contribution < 1.29 is 9.53 Å². The van der Waals surface area contributed by atoms with Gasteiger partial charge in [0, 0.05) is 43.2 Å². The molecule has 3 aromatic rings. The highest BCUT2D eigenvalue weighted by atomic mass is 32.1. The fourth-order valence-corrected chi connectivity index (χ4v) is 4.70. The van der Waals surface area contributed by atoms with Crippen LogP contribution in [0.3, 0.4) is 0 Å². The third-order valence-corrected chi connectivity index (χ3v) is 6.68. The zero-order valence-electron chi connectivity index (χ0n) is 17.9. The number of carbonyl (C=O) groups is 1. The van der Waals surface area contributed by atoms with Gasteiger partial charge >= 0.3 is 6.03 Å². The Balaban J connectivity index is 1.47. The van der Waals surface area contributed by atoms with Crippen molar-refractivity contribution >= 4 is 39.1 Å². The van der Waals surface area contributed by atoms with E-state index in [9.17, 15) is 4.79 Å². The number of nitrogens with zero attached hydrogens (tertiary/aromatic N) is 4. The van der Waals surface area contributed by atoms with E-state index in [0.29, 0.717) is 13.1 Å². The Kier molecular flexibility index (Phi) is 5.76. The largest absolute Gasteiger partial charge is 0.497 e. The van der Waals surface area contributed by atoms with E-state index >= 15 is 0 Å². The lowest BCUT2D eigenvalue weighted by atomic mass is 10.2. The van der Waals surface area contributed by atoms with E-state index in [4.69, 9.17) is 14.7 Å². The number of hydrogen-bond donors (Lipinski definition) is 1. The zero-order chi connectivity index (χ0) is 21.3. The lowest BCUT2D eigenvalue weighted by Gasteiger charge is -2.35. The molecule has 2 aromatic heterocycles. The Morgan fingerprint density at radius 3 is 2.47 bits per heavy atom. The fraction of sp³-hybridized carbons (Fsp3) is 0.409.